The molecule has 13 nitrogen and oxygen atoms in total. The molecule has 6 atom stereocenters. The standard InChI is InChI=1S/C47H67N3O10/c1-7-9-26-56-45(54)50(21-27-55-28-24-53)42-31-40(49-60-46(4,5)6)38-29-34(16-10-12-22-51)37(18-11-13-23-52)43-39-30-36(57-32-35-17-14-15-33(3)48-35)19-20-41(39)59-47(42,44(38)43)58-25-8-2/h7-8,14-15,17,19-20,29-30,34,37,42-44,51-53H,1-2,9-13,16,18,21-28,31-32H2,3-6H3. The lowest BCUT2D eigenvalue weighted by molar-refractivity contribution is -0.256. The van der Waals surface area contributed by atoms with Gasteiger partial charge in [0.05, 0.1) is 50.4 Å². The van der Waals surface area contributed by atoms with Crippen LogP contribution in [0.15, 0.2) is 78.5 Å². The Labute approximate surface area is 356 Å². The third-order valence-electron chi connectivity index (χ3n) is 11.3. The second-order valence-corrected chi connectivity index (χ2v) is 16.8. The van der Waals surface area contributed by atoms with E-state index in [1.54, 1.807) is 17.1 Å². The van der Waals surface area contributed by atoms with Crippen LogP contribution >= 0.6 is 0 Å². The van der Waals surface area contributed by atoms with Crippen LogP contribution in [0.2, 0.25) is 0 Å². The molecule has 3 N–H and O–H groups in total. The second kappa shape index (κ2) is 22.5. The summed E-state index contributed by atoms with van der Waals surface area (Å²) in [7, 11) is 0. The van der Waals surface area contributed by atoms with Crippen molar-refractivity contribution in [2.75, 3.05) is 52.8 Å². The molecule has 1 saturated carbocycles. The number of nitrogens with zero attached hydrogens (tertiary/aromatic N) is 3. The number of aliphatic hydroxyl groups excluding tert-OH is 3. The Kier molecular flexibility index (Phi) is 17.6. The van der Waals surface area contributed by atoms with Gasteiger partial charge in [0, 0.05) is 43.4 Å². The molecule has 1 amide bonds. The first-order valence-corrected chi connectivity index (χ1v) is 21.5. The molecule has 6 unspecified atom stereocenters. The van der Waals surface area contributed by atoms with E-state index in [0.717, 1.165) is 48.2 Å². The number of aryl methyl sites for hydroxylation is 1. The number of benzene rings is 1. The number of carbonyl (C=O) groups excluding carboxylic acids is 1. The molecule has 0 radical (unpaired) electrons. The lowest BCUT2D eigenvalue weighted by atomic mass is 9.55. The highest BCUT2D eigenvalue weighted by molar-refractivity contribution is 6.03. The number of fused-ring (bicyclic) bond motifs is 2. The maximum absolute atomic E-state index is 14.4. The van der Waals surface area contributed by atoms with Crippen molar-refractivity contribution in [1.82, 2.24) is 9.88 Å². The van der Waals surface area contributed by atoms with E-state index in [2.05, 4.69) is 30.3 Å². The first-order chi connectivity index (χ1) is 29.0. The van der Waals surface area contributed by atoms with Crippen LogP contribution < -0.4 is 9.47 Å². The number of rotatable bonds is 24. The average molecular weight is 834 g/mol. The van der Waals surface area contributed by atoms with E-state index < -0.39 is 29.4 Å². The smallest absolute Gasteiger partial charge is 0.410 e. The van der Waals surface area contributed by atoms with Gasteiger partial charge >= 0.3 is 6.09 Å². The maximum atomic E-state index is 14.4. The van der Waals surface area contributed by atoms with Crippen molar-refractivity contribution < 1.29 is 48.6 Å². The predicted octanol–water partition coefficient (Wildman–Crippen LogP) is 7.42. The molecule has 3 aliphatic rings. The zero-order chi connectivity index (χ0) is 43.1. The number of carbonyl (C=O) groups is 1. The Morgan fingerprint density at radius 3 is 2.50 bits per heavy atom. The molecule has 1 aliphatic heterocycles. The molecule has 60 heavy (non-hydrogen) atoms. The Bertz CT molecular complexity index is 1780. The molecule has 0 saturated heterocycles. The van der Waals surface area contributed by atoms with Gasteiger partial charge in [-0.15, -0.1) is 13.2 Å². The van der Waals surface area contributed by atoms with Crippen molar-refractivity contribution in [1.29, 1.82) is 0 Å². The third kappa shape index (κ3) is 11.8. The minimum Gasteiger partial charge on any atom is -0.487 e. The van der Waals surface area contributed by atoms with Gasteiger partial charge in [-0.25, -0.2) is 4.79 Å². The summed E-state index contributed by atoms with van der Waals surface area (Å²) in [5.41, 5.74) is 3.65. The van der Waals surface area contributed by atoms with E-state index in [1.165, 1.54) is 0 Å². The van der Waals surface area contributed by atoms with Gasteiger partial charge in [-0.1, -0.05) is 42.3 Å². The van der Waals surface area contributed by atoms with Crippen molar-refractivity contribution >= 4 is 11.8 Å². The van der Waals surface area contributed by atoms with Gasteiger partial charge in [-0.05, 0) is 108 Å². The van der Waals surface area contributed by atoms with E-state index in [9.17, 15) is 20.1 Å². The monoisotopic (exact) mass is 833 g/mol. The van der Waals surface area contributed by atoms with E-state index >= 15 is 0 Å². The van der Waals surface area contributed by atoms with E-state index in [4.69, 9.17) is 33.7 Å². The minimum absolute atomic E-state index is 0.0384. The van der Waals surface area contributed by atoms with Gasteiger partial charge in [0.2, 0.25) is 5.79 Å². The van der Waals surface area contributed by atoms with Crippen LogP contribution in [-0.2, 0) is 25.7 Å². The van der Waals surface area contributed by atoms with Crippen LogP contribution in [0.1, 0.15) is 95.0 Å². The van der Waals surface area contributed by atoms with Crippen LogP contribution in [0.3, 0.4) is 0 Å². The highest BCUT2D eigenvalue weighted by Gasteiger charge is 2.65. The summed E-state index contributed by atoms with van der Waals surface area (Å²) >= 11 is 0. The van der Waals surface area contributed by atoms with Crippen molar-refractivity contribution in [2.24, 2.45) is 22.9 Å². The molecule has 2 aliphatic carbocycles. The van der Waals surface area contributed by atoms with Crippen molar-refractivity contribution in [3.63, 3.8) is 0 Å². The summed E-state index contributed by atoms with van der Waals surface area (Å²) in [6.07, 6.45) is 10.3. The molecule has 0 spiro atoms. The predicted molar refractivity (Wildman–Crippen MR) is 230 cm³/mol. The SMILES string of the molecule is C=CCCOC(=O)N(CCOCCO)C1CC(=NOC(C)(C)C)C2=CC(CCCCO)C(CCCCO)C3c4cc(OCc5cccc(C)n5)ccc4OC1(OCC=C)C23. The number of aromatic nitrogens is 1. The number of aliphatic hydroxyl groups is 3. The number of ether oxygens (including phenoxy) is 5. The topological polar surface area (TPSA) is 162 Å². The maximum Gasteiger partial charge on any atom is 0.410 e. The number of amides is 1. The van der Waals surface area contributed by atoms with Gasteiger partial charge in [0.25, 0.3) is 0 Å². The minimum atomic E-state index is -1.47. The van der Waals surface area contributed by atoms with E-state index in [1.807, 2.05) is 58.0 Å². The lowest BCUT2D eigenvalue weighted by Gasteiger charge is -2.60. The zero-order valence-corrected chi connectivity index (χ0v) is 36.1. The number of oxime groups is 1. The van der Waals surface area contributed by atoms with E-state index in [0.29, 0.717) is 36.5 Å². The molecule has 1 aromatic carbocycles. The van der Waals surface area contributed by atoms with Crippen LogP contribution in [-0.4, -0.2) is 107 Å². The van der Waals surface area contributed by atoms with Crippen LogP contribution in [0.4, 0.5) is 4.79 Å². The summed E-state index contributed by atoms with van der Waals surface area (Å²) in [6, 6.07) is 10.9. The van der Waals surface area contributed by atoms with Crippen LogP contribution in [0.25, 0.3) is 0 Å². The lowest BCUT2D eigenvalue weighted by Crippen LogP contribution is -2.70. The summed E-state index contributed by atoms with van der Waals surface area (Å²) in [6.45, 7) is 16.5. The highest BCUT2D eigenvalue weighted by Crippen LogP contribution is 2.62. The molecule has 0 bridgehead atoms. The summed E-state index contributed by atoms with van der Waals surface area (Å²) in [5.74, 6) is -0.829. The Morgan fingerprint density at radius 2 is 1.80 bits per heavy atom. The Balaban J connectivity index is 1.75. The molecular weight excluding hydrogens is 767 g/mol. The molecule has 330 valence electrons. The largest absolute Gasteiger partial charge is 0.487 e. The molecule has 1 aromatic heterocycles. The summed E-state index contributed by atoms with van der Waals surface area (Å²) < 4.78 is 32.4. The Hall–Kier alpha value is -4.27. The van der Waals surface area contributed by atoms with Crippen molar-refractivity contribution in [3.8, 4) is 11.5 Å². The summed E-state index contributed by atoms with van der Waals surface area (Å²) in [4.78, 5) is 26.8. The van der Waals surface area contributed by atoms with Crippen molar-refractivity contribution in [3.05, 3.63) is 90.3 Å². The number of hydrogen-bond donors (Lipinski definition) is 3. The first-order valence-electron chi connectivity index (χ1n) is 21.5. The molecule has 5 rings (SSSR count). The summed E-state index contributed by atoms with van der Waals surface area (Å²) in [5, 5.41) is 34.2. The fraction of sp³-hybridized carbons (Fsp3) is 0.596. The Morgan fingerprint density at radius 1 is 1.02 bits per heavy atom. The molecular formula is C47H67N3O10. The number of hydrogen-bond acceptors (Lipinski definition) is 12. The fourth-order valence-electron chi connectivity index (χ4n) is 8.78. The van der Waals surface area contributed by atoms with Crippen LogP contribution in [0.5, 0.6) is 11.5 Å². The first kappa shape index (κ1) is 46.8. The van der Waals surface area contributed by atoms with Crippen molar-refractivity contribution in [2.45, 2.75) is 109 Å². The normalized spacial score (nSPS) is 23.8. The van der Waals surface area contributed by atoms with Gasteiger partial charge in [-0.3, -0.25) is 9.88 Å². The van der Waals surface area contributed by atoms with Crippen LogP contribution in [0, 0.1) is 24.7 Å². The third-order valence-corrected chi connectivity index (χ3v) is 11.3. The fourth-order valence-corrected chi connectivity index (χ4v) is 8.78. The average Bonchev–Trinajstić information content (AvgIpc) is 3.22. The number of pyridine rings is 1. The highest BCUT2D eigenvalue weighted by atomic mass is 16.7. The molecule has 2 heterocycles. The van der Waals surface area contributed by atoms with E-state index in [-0.39, 0.29) is 83.6 Å². The van der Waals surface area contributed by atoms with Gasteiger partial charge in [0.15, 0.2) is 0 Å². The molecule has 2 aromatic rings. The van der Waals surface area contributed by atoms with Gasteiger partial charge < -0.3 is 43.8 Å². The molecule has 1 fully saturated rings. The van der Waals surface area contributed by atoms with Gasteiger partial charge in [0.1, 0.15) is 29.7 Å². The number of allylic oxidation sites excluding steroid dienone is 1. The van der Waals surface area contributed by atoms with Gasteiger partial charge in [-0.2, -0.15) is 0 Å². The second-order valence-electron chi connectivity index (χ2n) is 16.8. The number of unbranched alkanes of at least 4 members (excludes halogenated alkanes) is 2. The zero-order valence-electron chi connectivity index (χ0n) is 36.1. The molecule has 13 heteroatoms. The quantitative estimate of drug-likeness (QED) is 0.0548.